The molecule has 7 heteroatoms. The molecule has 0 amide bonds. The SMILES string of the molecule is Cc1cncn1C.Cn1c(=O)cc(-c2cccc(Cl)c2)c2cc(C(N)c3ccc(Cl)cc3)ccc21. The monoisotopic (exact) mass is 504 g/mol. The molecular weight excluding hydrogens is 479 g/mol. The molecule has 0 aliphatic carbocycles. The van der Waals surface area contributed by atoms with Crippen LogP contribution in [-0.4, -0.2) is 14.1 Å². The first-order valence-electron chi connectivity index (χ1n) is 11.1. The molecule has 0 bridgehead atoms. The molecule has 0 saturated carbocycles. The molecule has 0 aliphatic rings. The van der Waals surface area contributed by atoms with E-state index in [1.165, 1.54) is 5.69 Å². The van der Waals surface area contributed by atoms with Gasteiger partial charge in [-0.1, -0.05) is 53.5 Å². The summed E-state index contributed by atoms with van der Waals surface area (Å²) in [5, 5.41) is 2.25. The molecule has 0 aliphatic heterocycles. The minimum atomic E-state index is -0.300. The Morgan fingerprint density at radius 3 is 2.20 bits per heavy atom. The lowest BCUT2D eigenvalue weighted by Crippen LogP contribution is -2.17. The van der Waals surface area contributed by atoms with Gasteiger partial charge in [0.15, 0.2) is 0 Å². The predicted octanol–water partition coefficient (Wildman–Crippen LogP) is 6.29. The molecule has 1 unspecified atom stereocenters. The van der Waals surface area contributed by atoms with Crippen molar-refractivity contribution in [3.05, 3.63) is 123 Å². The van der Waals surface area contributed by atoms with E-state index in [9.17, 15) is 4.79 Å². The third kappa shape index (κ3) is 5.49. The van der Waals surface area contributed by atoms with Crippen LogP contribution in [0.25, 0.3) is 22.0 Å². The van der Waals surface area contributed by atoms with Crippen LogP contribution < -0.4 is 11.3 Å². The van der Waals surface area contributed by atoms with Crippen molar-refractivity contribution in [2.75, 3.05) is 0 Å². The molecular formula is C28H26Cl2N4O. The Morgan fingerprint density at radius 2 is 1.60 bits per heavy atom. The van der Waals surface area contributed by atoms with Crippen molar-refractivity contribution in [2.24, 2.45) is 19.8 Å². The summed E-state index contributed by atoms with van der Waals surface area (Å²) in [4.78, 5) is 16.4. The standard InChI is InChI=1S/C23H18Cl2N2O.C5H8N2/c1-27-21-10-7-16(23(26)14-5-8-17(24)9-6-14)12-20(21)19(13-22(27)28)15-3-2-4-18(25)11-15;1-5-3-6-4-7(5)2/h2-13,23H,26H2,1H3;3-4H,1-2H3. The molecule has 2 aromatic heterocycles. The number of hydrogen-bond donors (Lipinski definition) is 1. The van der Waals surface area contributed by atoms with Crippen LogP contribution in [0.2, 0.25) is 10.0 Å². The highest BCUT2D eigenvalue weighted by Crippen LogP contribution is 2.31. The van der Waals surface area contributed by atoms with Gasteiger partial charge in [-0.3, -0.25) is 4.79 Å². The van der Waals surface area contributed by atoms with Crippen molar-refractivity contribution in [1.29, 1.82) is 0 Å². The maximum atomic E-state index is 12.5. The quantitative estimate of drug-likeness (QED) is 0.314. The smallest absolute Gasteiger partial charge is 0.251 e. The number of pyridine rings is 1. The molecule has 35 heavy (non-hydrogen) atoms. The molecule has 3 aromatic carbocycles. The van der Waals surface area contributed by atoms with Crippen LogP contribution in [0.4, 0.5) is 0 Å². The molecule has 0 saturated heterocycles. The number of benzene rings is 3. The van der Waals surface area contributed by atoms with Gasteiger partial charge in [0.1, 0.15) is 0 Å². The number of halogens is 2. The second kappa shape index (κ2) is 10.5. The van der Waals surface area contributed by atoms with E-state index in [1.54, 1.807) is 24.0 Å². The highest BCUT2D eigenvalue weighted by molar-refractivity contribution is 6.31. The molecule has 5 nitrogen and oxygen atoms in total. The number of imidazole rings is 1. The summed E-state index contributed by atoms with van der Waals surface area (Å²) in [5.41, 5.74) is 12.1. The van der Waals surface area contributed by atoms with Gasteiger partial charge in [0, 0.05) is 47.5 Å². The Hall–Kier alpha value is -3.38. The number of fused-ring (bicyclic) bond motifs is 1. The van der Waals surface area contributed by atoms with Crippen LogP contribution in [0.15, 0.2) is 90.1 Å². The third-order valence-corrected chi connectivity index (χ3v) is 6.54. The van der Waals surface area contributed by atoms with Crippen molar-refractivity contribution < 1.29 is 0 Å². The van der Waals surface area contributed by atoms with Crippen molar-refractivity contribution >= 4 is 34.1 Å². The number of aryl methyl sites for hydroxylation is 3. The maximum Gasteiger partial charge on any atom is 0.251 e. The van der Waals surface area contributed by atoms with E-state index < -0.39 is 0 Å². The summed E-state index contributed by atoms with van der Waals surface area (Å²) in [6.45, 7) is 2.02. The lowest BCUT2D eigenvalue weighted by molar-refractivity contribution is 0.869. The van der Waals surface area contributed by atoms with Crippen LogP contribution in [0.5, 0.6) is 0 Å². The zero-order valence-corrected chi connectivity index (χ0v) is 21.3. The minimum Gasteiger partial charge on any atom is -0.338 e. The Bertz CT molecular complexity index is 1520. The average Bonchev–Trinajstić information content (AvgIpc) is 3.23. The molecule has 2 heterocycles. The molecule has 0 radical (unpaired) electrons. The largest absolute Gasteiger partial charge is 0.338 e. The summed E-state index contributed by atoms with van der Waals surface area (Å²) < 4.78 is 3.61. The fourth-order valence-corrected chi connectivity index (χ4v) is 4.17. The first-order valence-corrected chi connectivity index (χ1v) is 11.8. The van der Waals surface area contributed by atoms with Crippen molar-refractivity contribution in [1.82, 2.24) is 14.1 Å². The summed E-state index contributed by atoms with van der Waals surface area (Å²) in [6, 6.07) is 22.3. The van der Waals surface area contributed by atoms with Gasteiger partial charge in [0.05, 0.1) is 17.9 Å². The van der Waals surface area contributed by atoms with Gasteiger partial charge in [0.2, 0.25) is 0 Å². The van der Waals surface area contributed by atoms with Gasteiger partial charge >= 0.3 is 0 Å². The van der Waals surface area contributed by atoms with Crippen LogP contribution >= 0.6 is 23.2 Å². The average molecular weight is 505 g/mol. The topological polar surface area (TPSA) is 65.8 Å². The summed E-state index contributed by atoms with van der Waals surface area (Å²) >= 11 is 12.2. The van der Waals surface area contributed by atoms with Gasteiger partial charge < -0.3 is 14.9 Å². The van der Waals surface area contributed by atoms with Crippen LogP contribution in [0, 0.1) is 6.92 Å². The predicted molar refractivity (Wildman–Crippen MR) is 145 cm³/mol. The van der Waals surface area contributed by atoms with E-state index in [0.717, 1.165) is 33.2 Å². The van der Waals surface area contributed by atoms with Crippen molar-refractivity contribution in [3.63, 3.8) is 0 Å². The second-order valence-corrected chi connectivity index (χ2v) is 9.29. The Balaban J connectivity index is 0.000000356. The summed E-state index contributed by atoms with van der Waals surface area (Å²) in [5.74, 6) is 0. The number of aromatic nitrogens is 3. The third-order valence-electron chi connectivity index (χ3n) is 6.05. The Kier molecular flexibility index (Phi) is 7.41. The van der Waals surface area contributed by atoms with Gasteiger partial charge in [-0.15, -0.1) is 0 Å². The van der Waals surface area contributed by atoms with E-state index in [2.05, 4.69) is 4.98 Å². The number of rotatable bonds is 3. The van der Waals surface area contributed by atoms with Crippen LogP contribution in [0.3, 0.4) is 0 Å². The Labute approximate surface area is 214 Å². The van der Waals surface area contributed by atoms with E-state index in [-0.39, 0.29) is 11.6 Å². The van der Waals surface area contributed by atoms with E-state index in [4.69, 9.17) is 28.9 Å². The molecule has 178 valence electrons. The van der Waals surface area contributed by atoms with E-state index >= 15 is 0 Å². The van der Waals surface area contributed by atoms with Crippen LogP contribution in [-0.2, 0) is 14.1 Å². The maximum absolute atomic E-state index is 12.5. The molecule has 5 aromatic rings. The van der Waals surface area contributed by atoms with Crippen molar-refractivity contribution in [2.45, 2.75) is 13.0 Å². The molecule has 1 atom stereocenters. The zero-order chi connectivity index (χ0) is 25.1. The fraction of sp³-hybridized carbons (Fsp3) is 0.143. The van der Waals surface area contributed by atoms with Gasteiger partial charge in [-0.25, -0.2) is 4.98 Å². The van der Waals surface area contributed by atoms with E-state index in [0.29, 0.717) is 10.0 Å². The summed E-state index contributed by atoms with van der Waals surface area (Å²) in [7, 11) is 3.74. The Morgan fingerprint density at radius 1 is 0.886 bits per heavy atom. The fourth-order valence-electron chi connectivity index (χ4n) is 3.85. The zero-order valence-electron chi connectivity index (χ0n) is 19.7. The first-order chi connectivity index (χ1) is 16.7. The highest BCUT2D eigenvalue weighted by atomic mass is 35.5. The van der Waals surface area contributed by atoms with Gasteiger partial charge in [-0.05, 0) is 65.6 Å². The number of nitrogens with two attached hydrogens (primary N) is 1. The molecule has 2 N–H and O–H groups in total. The molecule has 0 fully saturated rings. The summed E-state index contributed by atoms with van der Waals surface area (Å²) in [6.07, 6.45) is 3.62. The second-order valence-electron chi connectivity index (χ2n) is 8.42. The van der Waals surface area contributed by atoms with Gasteiger partial charge in [-0.2, -0.15) is 0 Å². The lowest BCUT2D eigenvalue weighted by Gasteiger charge is -2.16. The highest BCUT2D eigenvalue weighted by Gasteiger charge is 2.14. The van der Waals surface area contributed by atoms with Crippen molar-refractivity contribution in [3.8, 4) is 11.1 Å². The molecule has 5 rings (SSSR count). The first kappa shape index (κ1) is 24.7. The number of hydrogen-bond acceptors (Lipinski definition) is 3. The van der Waals surface area contributed by atoms with E-state index in [1.807, 2.05) is 91.5 Å². The van der Waals surface area contributed by atoms with Crippen LogP contribution in [0.1, 0.15) is 22.9 Å². The lowest BCUT2D eigenvalue weighted by atomic mass is 9.95. The number of nitrogens with zero attached hydrogens (tertiary/aromatic N) is 3. The van der Waals surface area contributed by atoms with Gasteiger partial charge in [0.25, 0.3) is 5.56 Å². The normalized spacial score (nSPS) is 11.7. The molecule has 0 spiro atoms. The minimum absolute atomic E-state index is 0.0720.